The monoisotopic (exact) mass is 213 g/mol. The van der Waals surface area contributed by atoms with Gasteiger partial charge in [-0.3, -0.25) is 4.79 Å². The molecule has 3 aliphatic heterocycles. The highest BCUT2D eigenvalue weighted by Gasteiger charge is 2.50. The Bertz CT molecular complexity index is 304. The van der Waals surface area contributed by atoms with Crippen molar-refractivity contribution in [3.8, 4) is 0 Å². The Labute approximate surface area is 88.3 Å². The molecule has 0 spiro atoms. The van der Waals surface area contributed by atoms with E-state index in [0.717, 1.165) is 0 Å². The summed E-state index contributed by atoms with van der Waals surface area (Å²) in [5.74, 6) is -0.338. The van der Waals surface area contributed by atoms with E-state index in [-0.39, 0.29) is 24.3 Å². The number of amides is 1. The van der Waals surface area contributed by atoms with Gasteiger partial charge in [0.25, 0.3) is 0 Å². The van der Waals surface area contributed by atoms with Gasteiger partial charge < -0.3 is 19.1 Å². The van der Waals surface area contributed by atoms with Crippen molar-refractivity contribution in [3.05, 3.63) is 0 Å². The van der Waals surface area contributed by atoms with Gasteiger partial charge in [-0.25, -0.2) is 0 Å². The Kier molecular flexibility index (Phi) is 1.87. The Morgan fingerprint density at radius 2 is 2.20 bits per heavy atom. The topological polar surface area (TPSA) is 48.0 Å². The van der Waals surface area contributed by atoms with E-state index in [1.807, 2.05) is 13.8 Å². The number of fused-ring (bicyclic) bond motifs is 1. The number of carbonyl (C=O) groups is 1. The van der Waals surface area contributed by atoms with Gasteiger partial charge in [0.1, 0.15) is 18.4 Å². The van der Waals surface area contributed by atoms with E-state index in [2.05, 4.69) is 0 Å². The van der Waals surface area contributed by atoms with Crippen molar-refractivity contribution in [2.24, 2.45) is 0 Å². The van der Waals surface area contributed by atoms with E-state index in [0.29, 0.717) is 19.6 Å². The molecule has 0 aliphatic carbocycles. The first-order chi connectivity index (χ1) is 7.05. The third-order valence-corrected chi connectivity index (χ3v) is 3.17. The number of nitrogens with zero attached hydrogens (tertiary/aromatic N) is 1. The quantitative estimate of drug-likeness (QED) is 0.579. The maximum absolute atomic E-state index is 11.2. The van der Waals surface area contributed by atoms with Crippen LogP contribution in [0, 0.1) is 0 Å². The highest BCUT2D eigenvalue weighted by molar-refractivity contribution is 5.83. The van der Waals surface area contributed by atoms with E-state index < -0.39 is 5.79 Å². The minimum absolute atomic E-state index is 0.00480. The molecular formula is C10H15NO4. The first kappa shape index (κ1) is 9.57. The summed E-state index contributed by atoms with van der Waals surface area (Å²) in [6.45, 7) is 4.98. The average molecular weight is 213 g/mol. The minimum atomic E-state index is -0.519. The molecule has 5 nitrogen and oxygen atoms in total. The fourth-order valence-electron chi connectivity index (χ4n) is 2.31. The second kappa shape index (κ2) is 2.93. The lowest BCUT2D eigenvalue weighted by molar-refractivity contribution is -0.166. The summed E-state index contributed by atoms with van der Waals surface area (Å²) in [5, 5.41) is 0. The zero-order chi connectivity index (χ0) is 10.6. The molecule has 0 saturated carbocycles. The molecular weight excluding hydrogens is 198 g/mol. The smallest absolute Gasteiger partial charge is 0.229 e. The molecule has 3 aliphatic rings. The summed E-state index contributed by atoms with van der Waals surface area (Å²) >= 11 is 0. The van der Waals surface area contributed by atoms with Crippen molar-refractivity contribution in [2.45, 2.75) is 44.5 Å². The average Bonchev–Trinajstić information content (AvgIpc) is 2.66. The first-order valence-corrected chi connectivity index (χ1v) is 5.32. The van der Waals surface area contributed by atoms with Crippen LogP contribution >= 0.6 is 0 Å². The standard InChI is InChI=1S/C10H15NO4/c1-10(2)13-5-7(15-10)6-4-11-8(12)3-9(11)14-6/h6-7,9H,3-5H2,1-2H3/t6-,7-,9+/m0/s1. The van der Waals surface area contributed by atoms with Crippen LogP contribution in [0.3, 0.4) is 0 Å². The lowest BCUT2D eigenvalue weighted by atomic mass is 10.1. The molecule has 15 heavy (non-hydrogen) atoms. The minimum Gasteiger partial charge on any atom is -0.350 e. The highest BCUT2D eigenvalue weighted by Crippen LogP contribution is 2.34. The predicted molar refractivity (Wildman–Crippen MR) is 49.9 cm³/mol. The van der Waals surface area contributed by atoms with Gasteiger partial charge in [-0.15, -0.1) is 0 Å². The fraction of sp³-hybridized carbons (Fsp3) is 0.900. The van der Waals surface area contributed by atoms with Crippen LogP contribution in [0.5, 0.6) is 0 Å². The number of carbonyl (C=O) groups excluding carboxylic acids is 1. The van der Waals surface area contributed by atoms with Crippen molar-refractivity contribution in [1.29, 1.82) is 0 Å². The normalized spacial score (nSPS) is 42.9. The lowest BCUT2D eigenvalue weighted by Gasteiger charge is -2.31. The third-order valence-electron chi connectivity index (χ3n) is 3.17. The molecule has 0 bridgehead atoms. The van der Waals surface area contributed by atoms with Gasteiger partial charge in [0.05, 0.1) is 19.6 Å². The van der Waals surface area contributed by atoms with Crippen LogP contribution in [0.15, 0.2) is 0 Å². The molecule has 0 aromatic heterocycles. The van der Waals surface area contributed by atoms with Gasteiger partial charge in [-0.1, -0.05) is 0 Å². The van der Waals surface area contributed by atoms with E-state index in [9.17, 15) is 4.79 Å². The first-order valence-electron chi connectivity index (χ1n) is 5.32. The number of β-lactam (4-membered cyclic amide) rings is 1. The van der Waals surface area contributed by atoms with Crippen LogP contribution in [-0.4, -0.2) is 48.2 Å². The molecule has 3 atom stereocenters. The van der Waals surface area contributed by atoms with E-state index >= 15 is 0 Å². The fourth-order valence-corrected chi connectivity index (χ4v) is 2.31. The number of ether oxygens (including phenoxy) is 3. The predicted octanol–water partition coefficient (Wildman–Crippen LogP) is 0.0951. The summed E-state index contributed by atoms with van der Waals surface area (Å²) < 4.78 is 16.9. The molecule has 0 unspecified atom stereocenters. The van der Waals surface area contributed by atoms with Crippen LogP contribution in [-0.2, 0) is 19.0 Å². The number of hydrogen-bond acceptors (Lipinski definition) is 4. The second-order valence-corrected chi connectivity index (χ2v) is 4.75. The van der Waals surface area contributed by atoms with Crippen molar-refractivity contribution in [1.82, 2.24) is 4.90 Å². The van der Waals surface area contributed by atoms with E-state index in [4.69, 9.17) is 14.2 Å². The summed E-state index contributed by atoms with van der Waals surface area (Å²) in [6, 6.07) is 0. The Morgan fingerprint density at radius 3 is 2.73 bits per heavy atom. The SMILES string of the molecule is CC1(C)OC[C@@H]([C@@H]2CN3C(=O)C[C@H]3O2)O1. The number of hydrogen-bond donors (Lipinski definition) is 0. The molecule has 0 aromatic carbocycles. The third kappa shape index (κ3) is 1.46. The summed E-state index contributed by atoms with van der Waals surface area (Å²) in [4.78, 5) is 12.9. The van der Waals surface area contributed by atoms with Crippen LogP contribution in [0.2, 0.25) is 0 Å². The van der Waals surface area contributed by atoms with Crippen molar-refractivity contribution >= 4 is 5.91 Å². The van der Waals surface area contributed by atoms with Gasteiger partial charge >= 0.3 is 0 Å². The molecule has 3 fully saturated rings. The molecule has 1 amide bonds. The molecule has 3 saturated heterocycles. The molecule has 0 aromatic rings. The van der Waals surface area contributed by atoms with Crippen LogP contribution in [0.25, 0.3) is 0 Å². The van der Waals surface area contributed by atoms with Gasteiger partial charge in [0.2, 0.25) is 5.91 Å². The largest absolute Gasteiger partial charge is 0.350 e. The second-order valence-electron chi connectivity index (χ2n) is 4.75. The number of rotatable bonds is 1. The van der Waals surface area contributed by atoms with Gasteiger partial charge in [-0.2, -0.15) is 0 Å². The van der Waals surface area contributed by atoms with Crippen molar-refractivity contribution < 1.29 is 19.0 Å². The molecule has 3 rings (SSSR count). The summed E-state index contributed by atoms with van der Waals surface area (Å²) in [6.07, 6.45) is 0.449. The van der Waals surface area contributed by atoms with Crippen LogP contribution in [0.4, 0.5) is 0 Å². The maximum Gasteiger partial charge on any atom is 0.229 e. The Hall–Kier alpha value is -0.650. The molecule has 0 N–H and O–H groups in total. The Balaban J connectivity index is 1.63. The molecule has 3 heterocycles. The van der Waals surface area contributed by atoms with Crippen LogP contribution < -0.4 is 0 Å². The van der Waals surface area contributed by atoms with Gasteiger partial charge in [0.15, 0.2) is 5.79 Å². The molecule has 84 valence electrons. The van der Waals surface area contributed by atoms with Crippen molar-refractivity contribution in [3.63, 3.8) is 0 Å². The zero-order valence-corrected chi connectivity index (χ0v) is 8.93. The zero-order valence-electron chi connectivity index (χ0n) is 8.93. The van der Waals surface area contributed by atoms with Crippen molar-refractivity contribution in [2.75, 3.05) is 13.2 Å². The highest BCUT2D eigenvalue weighted by atomic mass is 16.8. The van der Waals surface area contributed by atoms with E-state index in [1.165, 1.54) is 0 Å². The van der Waals surface area contributed by atoms with Crippen LogP contribution in [0.1, 0.15) is 20.3 Å². The molecule has 5 heteroatoms. The summed E-state index contributed by atoms with van der Waals surface area (Å²) in [5.41, 5.74) is 0. The van der Waals surface area contributed by atoms with Gasteiger partial charge in [-0.05, 0) is 13.8 Å². The Morgan fingerprint density at radius 1 is 1.40 bits per heavy atom. The molecule has 0 radical (unpaired) electrons. The van der Waals surface area contributed by atoms with E-state index in [1.54, 1.807) is 4.90 Å². The maximum atomic E-state index is 11.2. The summed E-state index contributed by atoms with van der Waals surface area (Å²) in [7, 11) is 0. The van der Waals surface area contributed by atoms with Gasteiger partial charge in [0, 0.05) is 0 Å². The lowest BCUT2D eigenvalue weighted by Crippen LogP contribution is -2.48.